The molecule has 6 nitrogen and oxygen atoms in total. The van der Waals surface area contributed by atoms with Gasteiger partial charge in [0, 0.05) is 25.4 Å². The number of aromatic amines is 1. The Labute approximate surface area is 122 Å². The van der Waals surface area contributed by atoms with Gasteiger partial charge >= 0.3 is 0 Å². The number of imidazole rings is 1. The number of aromatic nitrogens is 2. The second-order valence-corrected chi connectivity index (χ2v) is 4.39. The number of H-pyrrole nitrogens is 1. The first kappa shape index (κ1) is 14.6. The predicted octanol–water partition coefficient (Wildman–Crippen LogP) is 1.41. The molecular weight excluding hydrogens is 268 g/mol. The van der Waals surface area contributed by atoms with Crippen LogP contribution >= 0.6 is 0 Å². The van der Waals surface area contributed by atoms with Crippen molar-refractivity contribution >= 4 is 5.91 Å². The molecule has 2 rings (SSSR count). The maximum Gasteiger partial charge on any atom is 0.257 e. The van der Waals surface area contributed by atoms with Crippen molar-refractivity contribution in [2.75, 3.05) is 13.2 Å². The van der Waals surface area contributed by atoms with Gasteiger partial charge in [0.05, 0.1) is 5.56 Å². The van der Waals surface area contributed by atoms with E-state index in [0.717, 1.165) is 18.7 Å². The topological polar surface area (TPSA) is 90.8 Å². The summed E-state index contributed by atoms with van der Waals surface area (Å²) in [4.78, 5) is 18.7. The van der Waals surface area contributed by atoms with Crippen molar-refractivity contribution in [1.29, 1.82) is 5.26 Å². The van der Waals surface area contributed by atoms with Gasteiger partial charge in [-0.1, -0.05) is 12.1 Å². The number of carbonyl (C=O) groups excluding carboxylic acids is 1. The highest BCUT2D eigenvalue weighted by atomic mass is 16.5. The SMILES string of the molecule is N#Cc1ccccc1OCC(=O)NCCCc1ncc[nH]1. The molecule has 108 valence electrons. The Bertz CT molecular complexity index is 617. The minimum Gasteiger partial charge on any atom is -0.482 e. The van der Waals surface area contributed by atoms with Crippen molar-refractivity contribution < 1.29 is 9.53 Å². The summed E-state index contributed by atoms with van der Waals surface area (Å²) in [6.45, 7) is 0.461. The van der Waals surface area contributed by atoms with E-state index in [1.54, 1.807) is 36.7 Å². The lowest BCUT2D eigenvalue weighted by atomic mass is 10.2. The molecule has 6 heteroatoms. The standard InChI is InChI=1S/C15H16N4O2/c16-10-12-4-1-2-5-13(12)21-11-15(20)19-7-3-6-14-17-8-9-18-14/h1-2,4-5,8-9H,3,6-7,11H2,(H,17,18)(H,19,20). The molecule has 0 atom stereocenters. The Morgan fingerprint density at radius 2 is 2.29 bits per heavy atom. The molecule has 0 aliphatic rings. The average molecular weight is 284 g/mol. The zero-order valence-electron chi connectivity index (χ0n) is 11.5. The van der Waals surface area contributed by atoms with Crippen LogP contribution in [-0.4, -0.2) is 29.0 Å². The van der Waals surface area contributed by atoms with E-state index in [1.807, 2.05) is 6.07 Å². The Hall–Kier alpha value is -2.81. The summed E-state index contributed by atoms with van der Waals surface area (Å²) in [5.41, 5.74) is 0.420. The van der Waals surface area contributed by atoms with Crippen LogP contribution in [0.3, 0.4) is 0 Å². The maximum atomic E-state index is 11.6. The molecule has 1 amide bonds. The first-order chi connectivity index (χ1) is 10.3. The molecule has 0 bridgehead atoms. The van der Waals surface area contributed by atoms with Crippen LogP contribution in [0.2, 0.25) is 0 Å². The summed E-state index contributed by atoms with van der Waals surface area (Å²) in [7, 11) is 0. The lowest BCUT2D eigenvalue weighted by Gasteiger charge is -2.08. The molecule has 1 heterocycles. The summed E-state index contributed by atoms with van der Waals surface area (Å²) in [6, 6.07) is 8.85. The quantitative estimate of drug-likeness (QED) is 0.752. The summed E-state index contributed by atoms with van der Waals surface area (Å²) >= 11 is 0. The number of ether oxygens (including phenoxy) is 1. The molecule has 0 saturated heterocycles. The number of hydrogen-bond donors (Lipinski definition) is 2. The number of aryl methyl sites for hydroxylation is 1. The number of rotatable bonds is 7. The zero-order chi connectivity index (χ0) is 14.9. The van der Waals surface area contributed by atoms with Gasteiger partial charge < -0.3 is 15.0 Å². The smallest absolute Gasteiger partial charge is 0.257 e. The molecule has 0 fully saturated rings. The van der Waals surface area contributed by atoms with Gasteiger partial charge in [-0.15, -0.1) is 0 Å². The summed E-state index contributed by atoms with van der Waals surface area (Å²) in [6.07, 6.45) is 5.06. The van der Waals surface area contributed by atoms with Crippen LogP contribution in [0.1, 0.15) is 17.8 Å². The molecule has 1 aromatic heterocycles. The van der Waals surface area contributed by atoms with Crippen molar-refractivity contribution in [2.24, 2.45) is 0 Å². The van der Waals surface area contributed by atoms with Crippen LogP contribution in [0, 0.1) is 11.3 Å². The van der Waals surface area contributed by atoms with Crippen LogP contribution in [0.5, 0.6) is 5.75 Å². The summed E-state index contributed by atoms with van der Waals surface area (Å²) < 4.78 is 5.34. The Kier molecular flexibility index (Phi) is 5.35. The number of amides is 1. The fourth-order valence-electron chi connectivity index (χ4n) is 1.80. The van der Waals surface area contributed by atoms with E-state index in [4.69, 9.17) is 10.00 Å². The fraction of sp³-hybridized carbons (Fsp3) is 0.267. The molecule has 2 N–H and O–H groups in total. The Morgan fingerprint density at radius 1 is 1.43 bits per heavy atom. The third-order valence-corrected chi connectivity index (χ3v) is 2.83. The monoisotopic (exact) mass is 284 g/mol. The van der Waals surface area contributed by atoms with E-state index < -0.39 is 0 Å². The van der Waals surface area contributed by atoms with Gasteiger partial charge in [0.25, 0.3) is 5.91 Å². The van der Waals surface area contributed by atoms with Crippen LogP contribution < -0.4 is 10.1 Å². The number of para-hydroxylation sites is 1. The third kappa shape index (κ3) is 4.66. The third-order valence-electron chi connectivity index (χ3n) is 2.83. The second-order valence-electron chi connectivity index (χ2n) is 4.39. The number of nitrogens with zero attached hydrogens (tertiary/aromatic N) is 2. The van der Waals surface area contributed by atoms with E-state index in [1.165, 1.54) is 0 Å². The largest absolute Gasteiger partial charge is 0.482 e. The van der Waals surface area contributed by atoms with Crippen molar-refractivity contribution in [2.45, 2.75) is 12.8 Å². The first-order valence-electron chi connectivity index (χ1n) is 6.66. The van der Waals surface area contributed by atoms with Crippen LogP contribution in [0.4, 0.5) is 0 Å². The van der Waals surface area contributed by atoms with Gasteiger partial charge in [-0.05, 0) is 18.6 Å². The summed E-state index contributed by atoms with van der Waals surface area (Å²) in [5.74, 6) is 1.12. The van der Waals surface area contributed by atoms with Gasteiger partial charge in [-0.25, -0.2) is 4.98 Å². The zero-order valence-corrected chi connectivity index (χ0v) is 11.5. The van der Waals surface area contributed by atoms with Crippen molar-refractivity contribution in [3.8, 4) is 11.8 Å². The van der Waals surface area contributed by atoms with Crippen molar-refractivity contribution in [3.05, 3.63) is 48.0 Å². The second kappa shape index (κ2) is 7.70. The lowest BCUT2D eigenvalue weighted by Crippen LogP contribution is -2.30. The van der Waals surface area contributed by atoms with E-state index in [0.29, 0.717) is 17.9 Å². The highest BCUT2D eigenvalue weighted by Crippen LogP contribution is 2.15. The number of carbonyl (C=O) groups is 1. The van der Waals surface area contributed by atoms with Gasteiger partial charge in [0.2, 0.25) is 0 Å². The molecule has 0 aliphatic carbocycles. The molecule has 0 aliphatic heterocycles. The van der Waals surface area contributed by atoms with Crippen LogP contribution in [-0.2, 0) is 11.2 Å². The van der Waals surface area contributed by atoms with Gasteiger partial charge in [0.15, 0.2) is 6.61 Å². The summed E-state index contributed by atoms with van der Waals surface area (Å²) in [5, 5.41) is 11.7. The van der Waals surface area contributed by atoms with Gasteiger partial charge in [0.1, 0.15) is 17.6 Å². The van der Waals surface area contributed by atoms with E-state index in [2.05, 4.69) is 15.3 Å². The number of benzene rings is 1. The van der Waals surface area contributed by atoms with Crippen LogP contribution in [0.15, 0.2) is 36.7 Å². The van der Waals surface area contributed by atoms with Gasteiger partial charge in [-0.2, -0.15) is 5.26 Å². The van der Waals surface area contributed by atoms with Gasteiger partial charge in [-0.3, -0.25) is 4.79 Å². The number of nitriles is 1. The number of nitrogens with one attached hydrogen (secondary N) is 2. The highest BCUT2D eigenvalue weighted by molar-refractivity contribution is 5.77. The molecule has 0 spiro atoms. The Balaban J connectivity index is 1.67. The molecule has 1 aromatic carbocycles. The number of hydrogen-bond acceptors (Lipinski definition) is 4. The maximum absolute atomic E-state index is 11.6. The molecule has 0 radical (unpaired) electrons. The van der Waals surface area contributed by atoms with E-state index >= 15 is 0 Å². The molecule has 21 heavy (non-hydrogen) atoms. The predicted molar refractivity (Wildman–Crippen MR) is 76.6 cm³/mol. The fourth-order valence-corrected chi connectivity index (χ4v) is 1.80. The van der Waals surface area contributed by atoms with Crippen molar-refractivity contribution in [3.63, 3.8) is 0 Å². The Morgan fingerprint density at radius 3 is 3.05 bits per heavy atom. The minimum absolute atomic E-state index is 0.0978. The highest BCUT2D eigenvalue weighted by Gasteiger charge is 2.05. The average Bonchev–Trinajstić information content (AvgIpc) is 3.03. The molecule has 0 saturated carbocycles. The van der Waals surface area contributed by atoms with Crippen molar-refractivity contribution in [1.82, 2.24) is 15.3 Å². The van der Waals surface area contributed by atoms with E-state index in [-0.39, 0.29) is 12.5 Å². The van der Waals surface area contributed by atoms with E-state index in [9.17, 15) is 4.79 Å². The van der Waals surface area contributed by atoms with Crippen LogP contribution in [0.25, 0.3) is 0 Å². The first-order valence-corrected chi connectivity index (χ1v) is 6.66. The molecule has 2 aromatic rings. The normalized spacial score (nSPS) is 9.86. The minimum atomic E-state index is -0.206. The molecule has 0 unspecified atom stereocenters. The molecular formula is C15H16N4O2. The lowest BCUT2D eigenvalue weighted by molar-refractivity contribution is -0.123.